The van der Waals surface area contributed by atoms with Gasteiger partial charge in [0.15, 0.2) is 0 Å². The van der Waals surface area contributed by atoms with Gasteiger partial charge in [0.05, 0.1) is 0 Å². The van der Waals surface area contributed by atoms with Crippen molar-refractivity contribution >= 4 is 6.72 Å². The van der Waals surface area contributed by atoms with Crippen molar-refractivity contribution in [2.75, 3.05) is 0 Å². The molecule has 0 bridgehead atoms. The van der Waals surface area contributed by atoms with Crippen LogP contribution in [0.2, 0.25) is 0 Å². The van der Waals surface area contributed by atoms with Crippen LogP contribution in [0.4, 0.5) is 0 Å². The Balaban J connectivity index is 3.52. The minimum Gasteiger partial charge on any atom is -0.273 e. The van der Waals surface area contributed by atoms with Gasteiger partial charge in [0, 0.05) is 6.20 Å². The molecule has 0 atom stereocenters. The SMILES string of the molecule is C=NC=CC(=C)CC. The van der Waals surface area contributed by atoms with Gasteiger partial charge in [-0.2, -0.15) is 0 Å². The maximum Gasteiger partial charge on any atom is 0.0263 e. The predicted octanol–water partition coefficient (Wildman–Crippen LogP) is 2.17. The standard InChI is InChI=1S/C7H11N/c1-4-7(2)5-6-8-3/h5-6H,2-4H2,1H3. The molecule has 0 rings (SSSR count). The monoisotopic (exact) mass is 109 g/mol. The fraction of sp³-hybridized carbons (Fsp3) is 0.286. The maximum atomic E-state index is 3.74. The molecule has 8 heavy (non-hydrogen) atoms. The normalized spacial score (nSPS) is 9.62. The van der Waals surface area contributed by atoms with E-state index in [0.29, 0.717) is 0 Å². The van der Waals surface area contributed by atoms with Gasteiger partial charge in [-0.05, 0) is 19.2 Å². The molecule has 0 aromatic heterocycles. The molecule has 1 heteroatoms. The summed E-state index contributed by atoms with van der Waals surface area (Å²) < 4.78 is 0. The van der Waals surface area contributed by atoms with Gasteiger partial charge >= 0.3 is 0 Å². The summed E-state index contributed by atoms with van der Waals surface area (Å²) in [5.41, 5.74) is 1.08. The van der Waals surface area contributed by atoms with Crippen LogP contribution < -0.4 is 0 Å². The summed E-state index contributed by atoms with van der Waals surface area (Å²) >= 11 is 0. The van der Waals surface area contributed by atoms with Crippen LogP contribution in [0.15, 0.2) is 29.4 Å². The molecule has 0 saturated heterocycles. The molecular formula is C7H11N. The van der Waals surface area contributed by atoms with Crippen LogP contribution in [-0.2, 0) is 0 Å². The topological polar surface area (TPSA) is 12.4 Å². The third kappa shape index (κ3) is 3.34. The Morgan fingerprint density at radius 3 is 2.75 bits per heavy atom. The van der Waals surface area contributed by atoms with Crippen molar-refractivity contribution in [3.63, 3.8) is 0 Å². The van der Waals surface area contributed by atoms with E-state index in [1.54, 1.807) is 6.20 Å². The fourth-order valence-electron chi connectivity index (χ4n) is 0.276. The van der Waals surface area contributed by atoms with Crippen LogP contribution in [0.1, 0.15) is 13.3 Å². The number of allylic oxidation sites excluding steroid dienone is 2. The van der Waals surface area contributed by atoms with Crippen LogP contribution >= 0.6 is 0 Å². The fourth-order valence-corrected chi connectivity index (χ4v) is 0.276. The highest BCUT2D eigenvalue weighted by Gasteiger charge is 1.76. The molecule has 0 unspecified atom stereocenters. The van der Waals surface area contributed by atoms with Gasteiger partial charge in [-0.3, -0.25) is 4.99 Å². The molecule has 0 aromatic carbocycles. The van der Waals surface area contributed by atoms with E-state index in [1.807, 2.05) is 6.08 Å². The van der Waals surface area contributed by atoms with Crippen LogP contribution in [0.5, 0.6) is 0 Å². The van der Waals surface area contributed by atoms with Crippen molar-refractivity contribution in [2.45, 2.75) is 13.3 Å². The molecule has 0 aliphatic carbocycles. The van der Waals surface area contributed by atoms with Crippen molar-refractivity contribution in [2.24, 2.45) is 4.99 Å². The minimum absolute atomic E-state index is 0.978. The number of nitrogens with zero attached hydrogens (tertiary/aromatic N) is 1. The summed E-state index contributed by atoms with van der Waals surface area (Å²) in [6.45, 7) is 9.08. The molecule has 0 amide bonds. The molecular weight excluding hydrogens is 98.1 g/mol. The Labute approximate surface area is 50.4 Å². The van der Waals surface area contributed by atoms with Gasteiger partial charge in [-0.1, -0.05) is 19.1 Å². The predicted molar refractivity (Wildman–Crippen MR) is 38.1 cm³/mol. The summed E-state index contributed by atoms with van der Waals surface area (Å²) in [5.74, 6) is 0. The minimum atomic E-state index is 0.978. The molecule has 1 nitrogen and oxygen atoms in total. The number of hydrogen-bond donors (Lipinski definition) is 0. The second-order valence-corrected chi connectivity index (χ2v) is 1.51. The van der Waals surface area contributed by atoms with Crippen LogP contribution in [0.25, 0.3) is 0 Å². The quantitative estimate of drug-likeness (QED) is 0.389. The Hall–Kier alpha value is -0.850. The lowest BCUT2D eigenvalue weighted by Crippen LogP contribution is -1.65. The number of rotatable bonds is 3. The van der Waals surface area contributed by atoms with E-state index in [1.165, 1.54) is 0 Å². The summed E-state index contributed by atoms with van der Waals surface area (Å²) in [4.78, 5) is 3.53. The first kappa shape index (κ1) is 7.15. The van der Waals surface area contributed by atoms with Gasteiger partial charge in [0.25, 0.3) is 0 Å². The summed E-state index contributed by atoms with van der Waals surface area (Å²) in [5, 5.41) is 0. The average molecular weight is 109 g/mol. The Morgan fingerprint density at radius 1 is 1.75 bits per heavy atom. The molecule has 44 valence electrons. The first-order chi connectivity index (χ1) is 3.81. The highest BCUT2D eigenvalue weighted by Crippen LogP contribution is 1.96. The zero-order valence-corrected chi connectivity index (χ0v) is 5.22. The molecule has 0 saturated carbocycles. The zero-order chi connectivity index (χ0) is 6.41. The van der Waals surface area contributed by atoms with E-state index in [-0.39, 0.29) is 0 Å². The molecule has 0 aliphatic rings. The third-order valence-electron chi connectivity index (χ3n) is 0.870. The molecule has 0 spiro atoms. The maximum absolute atomic E-state index is 3.74. The van der Waals surface area contributed by atoms with Gasteiger partial charge in [-0.15, -0.1) is 0 Å². The molecule has 0 fully saturated rings. The van der Waals surface area contributed by atoms with E-state index < -0.39 is 0 Å². The Kier molecular flexibility index (Phi) is 3.85. The van der Waals surface area contributed by atoms with E-state index in [9.17, 15) is 0 Å². The van der Waals surface area contributed by atoms with Gasteiger partial charge < -0.3 is 0 Å². The van der Waals surface area contributed by atoms with Crippen LogP contribution in [0.3, 0.4) is 0 Å². The lowest BCUT2D eigenvalue weighted by Gasteiger charge is -1.86. The third-order valence-corrected chi connectivity index (χ3v) is 0.870. The van der Waals surface area contributed by atoms with E-state index >= 15 is 0 Å². The smallest absolute Gasteiger partial charge is 0.0263 e. The summed E-state index contributed by atoms with van der Waals surface area (Å²) in [6, 6.07) is 0. The van der Waals surface area contributed by atoms with Gasteiger partial charge in [0.1, 0.15) is 0 Å². The van der Waals surface area contributed by atoms with Crippen LogP contribution in [0, 0.1) is 0 Å². The largest absolute Gasteiger partial charge is 0.273 e. The van der Waals surface area contributed by atoms with Gasteiger partial charge in [-0.25, -0.2) is 0 Å². The summed E-state index contributed by atoms with van der Waals surface area (Å²) in [7, 11) is 0. The Morgan fingerprint density at radius 2 is 2.38 bits per heavy atom. The van der Waals surface area contributed by atoms with Crippen molar-refractivity contribution in [1.82, 2.24) is 0 Å². The highest BCUT2D eigenvalue weighted by atomic mass is 14.6. The summed E-state index contributed by atoms with van der Waals surface area (Å²) in [6.07, 6.45) is 4.48. The average Bonchev–Trinajstić information content (AvgIpc) is 1.83. The van der Waals surface area contributed by atoms with Crippen molar-refractivity contribution in [1.29, 1.82) is 0 Å². The highest BCUT2D eigenvalue weighted by molar-refractivity contribution is 5.27. The molecule has 0 heterocycles. The van der Waals surface area contributed by atoms with Crippen molar-refractivity contribution < 1.29 is 0 Å². The molecule has 0 N–H and O–H groups in total. The molecule has 0 aromatic rings. The lowest BCUT2D eigenvalue weighted by atomic mass is 10.2. The van der Waals surface area contributed by atoms with Gasteiger partial charge in [0.2, 0.25) is 0 Å². The molecule has 0 radical (unpaired) electrons. The van der Waals surface area contributed by atoms with E-state index in [0.717, 1.165) is 12.0 Å². The number of aliphatic imine (C=N–C) groups is 1. The van der Waals surface area contributed by atoms with Crippen molar-refractivity contribution in [3.05, 3.63) is 24.4 Å². The first-order valence-corrected chi connectivity index (χ1v) is 2.61. The second-order valence-electron chi connectivity index (χ2n) is 1.51. The van der Waals surface area contributed by atoms with Crippen molar-refractivity contribution in [3.8, 4) is 0 Å². The first-order valence-electron chi connectivity index (χ1n) is 2.61. The van der Waals surface area contributed by atoms with Crippen LogP contribution in [-0.4, -0.2) is 6.72 Å². The molecule has 0 aliphatic heterocycles. The number of hydrogen-bond acceptors (Lipinski definition) is 1. The second kappa shape index (κ2) is 4.31. The lowest BCUT2D eigenvalue weighted by molar-refractivity contribution is 1.16. The zero-order valence-electron chi connectivity index (χ0n) is 5.22. The van der Waals surface area contributed by atoms with E-state index in [4.69, 9.17) is 0 Å². The van der Waals surface area contributed by atoms with E-state index in [2.05, 4.69) is 25.2 Å². The Bertz CT molecular complexity index is 112.